The van der Waals surface area contributed by atoms with Gasteiger partial charge in [-0.1, -0.05) is 36.4 Å². The van der Waals surface area contributed by atoms with Crippen LogP contribution in [0.2, 0.25) is 0 Å². The molecule has 5 nitrogen and oxygen atoms in total. The summed E-state index contributed by atoms with van der Waals surface area (Å²) in [6.07, 6.45) is 0. The Morgan fingerprint density at radius 1 is 0.926 bits per heavy atom. The van der Waals surface area contributed by atoms with Crippen molar-refractivity contribution in [2.24, 2.45) is 0 Å². The summed E-state index contributed by atoms with van der Waals surface area (Å²) < 4.78 is 0. The van der Waals surface area contributed by atoms with Crippen LogP contribution in [0.5, 0.6) is 0 Å². The van der Waals surface area contributed by atoms with Gasteiger partial charge in [-0.15, -0.1) is 0 Å². The molecule has 3 aromatic rings. The van der Waals surface area contributed by atoms with Gasteiger partial charge in [0.1, 0.15) is 17.3 Å². The summed E-state index contributed by atoms with van der Waals surface area (Å²) in [6.45, 7) is 7.85. The minimum absolute atomic E-state index is 0.0656. The average Bonchev–Trinajstić information content (AvgIpc) is 2.61. The Kier molecular flexibility index (Phi) is 5.50. The van der Waals surface area contributed by atoms with E-state index in [4.69, 9.17) is 0 Å². The second-order valence-electron chi connectivity index (χ2n) is 6.79. The predicted molar refractivity (Wildman–Crippen MR) is 109 cm³/mol. The monoisotopic (exact) mass is 360 g/mol. The smallest absolute Gasteiger partial charge is 0.274 e. The Bertz CT molecular complexity index is 934. The zero-order chi connectivity index (χ0) is 19.4. The van der Waals surface area contributed by atoms with Gasteiger partial charge in [0.15, 0.2) is 0 Å². The standard InChI is InChI=1S/C22H24N4O/c1-14-10-15(2)12-19(11-14)26-22(27)20-13-21(25-17(4)24-20)23-16(3)18-8-6-5-7-9-18/h5-13,16H,1-4H3,(H,26,27)(H,23,24,25). The molecule has 5 heteroatoms. The first kappa shape index (κ1) is 18.6. The van der Waals surface area contributed by atoms with Crippen LogP contribution in [0, 0.1) is 20.8 Å². The molecule has 0 saturated heterocycles. The molecule has 1 heterocycles. The molecule has 1 aromatic heterocycles. The van der Waals surface area contributed by atoms with Crippen LogP contribution in [0.3, 0.4) is 0 Å². The van der Waals surface area contributed by atoms with Gasteiger partial charge in [-0.05, 0) is 56.5 Å². The second kappa shape index (κ2) is 7.99. The molecular weight excluding hydrogens is 336 g/mol. The molecule has 1 amide bonds. The Morgan fingerprint density at radius 2 is 1.59 bits per heavy atom. The van der Waals surface area contributed by atoms with Crippen molar-refractivity contribution in [3.63, 3.8) is 0 Å². The Morgan fingerprint density at radius 3 is 2.26 bits per heavy atom. The number of nitrogens with one attached hydrogen (secondary N) is 2. The molecular formula is C22H24N4O. The fraction of sp³-hybridized carbons (Fsp3) is 0.227. The van der Waals surface area contributed by atoms with Crippen LogP contribution in [0.25, 0.3) is 0 Å². The lowest BCUT2D eigenvalue weighted by atomic mass is 10.1. The van der Waals surface area contributed by atoms with Gasteiger partial charge in [0.25, 0.3) is 5.91 Å². The van der Waals surface area contributed by atoms with E-state index in [1.54, 1.807) is 13.0 Å². The lowest BCUT2D eigenvalue weighted by Crippen LogP contribution is -2.16. The van der Waals surface area contributed by atoms with Crippen molar-refractivity contribution in [3.8, 4) is 0 Å². The maximum atomic E-state index is 12.7. The molecule has 0 saturated carbocycles. The Balaban J connectivity index is 1.79. The van der Waals surface area contributed by atoms with Crippen molar-refractivity contribution in [1.29, 1.82) is 0 Å². The number of hydrogen-bond donors (Lipinski definition) is 2. The highest BCUT2D eigenvalue weighted by atomic mass is 16.1. The number of anilines is 2. The number of carbonyl (C=O) groups excluding carboxylic acids is 1. The highest BCUT2D eigenvalue weighted by Gasteiger charge is 2.13. The summed E-state index contributed by atoms with van der Waals surface area (Å²) in [7, 11) is 0. The highest BCUT2D eigenvalue weighted by Crippen LogP contribution is 2.19. The van der Waals surface area contributed by atoms with Crippen molar-refractivity contribution in [1.82, 2.24) is 9.97 Å². The molecule has 0 radical (unpaired) electrons. The average molecular weight is 360 g/mol. The zero-order valence-corrected chi connectivity index (χ0v) is 16.1. The molecule has 0 fully saturated rings. The third-order valence-electron chi connectivity index (χ3n) is 4.21. The van der Waals surface area contributed by atoms with Gasteiger partial charge in [0.05, 0.1) is 0 Å². The third kappa shape index (κ3) is 4.91. The van der Waals surface area contributed by atoms with Crippen LogP contribution in [0.1, 0.15) is 46.0 Å². The lowest BCUT2D eigenvalue weighted by molar-refractivity contribution is 0.102. The summed E-state index contributed by atoms with van der Waals surface area (Å²) in [4.78, 5) is 21.4. The molecule has 3 rings (SSSR count). The van der Waals surface area contributed by atoms with E-state index in [-0.39, 0.29) is 11.9 Å². The Hall–Kier alpha value is -3.21. The first-order chi connectivity index (χ1) is 12.9. The molecule has 0 spiro atoms. The van der Waals surface area contributed by atoms with E-state index in [0.717, 1.165) is 22.4 Å². The molecule has 1 unspecified atom stereocenters. The molecule has 27 heavy (non-hydrogen) atoms. The van der Waals surface area contributed by atoms with E-state index in [9.17, 15) is 4.79 Å². The number of carbonyl (C=O) groups is 1. The largest absolute Gasteiger partial charge is 0.363 e. The van der Waals surface area contributed by atoms with E-state index in [2.05, 4.69) is 45.7 Å². The first-order valence-corrected chi connectivity index (χ1v) is 8.97. The lowest BCUT2D eigenvalue weighted by Gasteiger charge is -2.16. The number of nitrogens with zero attached hydrogens (tertiary/aromatic N) is 2. The van der Waals surface area contributed by atoms with Gasteiger partial charge in [-0.3, -0.25) is 4.79 Å². The molecule has 0 aliphatic heterocycles. The molecule has 0 bridgehead atoms. The van der Waals surface area contributed by atoms with Crippen LogP contribution in [-0.4, -0.2) is 15.9 Å². The van der Waals surface area contributed by atoms with Gasteiger partial charge < -0.3 is 10.6 Å². The Labute approximate surface area is 159 Å². The number of amides is 1. The molecule has 138 valence electrons. The zero-order valence-electron chi connectivity index (χ0n) is 16.1. The van der Waals surface area contributed by atoms with Crippen LogP contribution in [0.4, 0.5) is 11.5 Å². The number of benzene rings is 2. The van der Waals surface area contributed by atoms with Crippen molar-refractivity contribution in [3.05, 3.63) is 82.8 Å². The molecule has 2 N–H and O–H groups in total. The summed E-state index contributed by atoms with van der Waals surface area (Å²) in [5.41, 5.74) is 4.45. The van der Waals surface area contributed by atoms with Crippen molar-refractivity contribution in [2.75, 3.05) is 10.6 Å². The molecule has 2 aromatic carbocycles. The minimum Gasteiger partial charge on any atom is -0.363 e. The molecule has 1 atom stereocenters. The second-order valence-corrected chi connectivity index (χ2v) is 6.79. The van der Waals surface area contributed by atoms with Crippen LogP contribution >= 0.6 is 0 Å². The fourth-order valence-electron chi connectivity index (χ4n) is 3.05. The summed E-state index contributed by atoms with van der Waals surface area (Å²) >= 11 is 0. The summed E-state index contributed by atoms with van der Waals surface area (Å²) in [5, 5.41) is 6.27. The van der Waals surface area contributed by atoms with Crippen molar-refractivity contribution in [2.45, 2.75) is 33.7 Å². The van der Waals surface area contributed by atoms with E-state index in [1.165, 1.54) is 0 Å². The van der Waals surface area contributed by atoms with Gasteiger partial charge in [-0.2, -0.15) is 0 Å². The first-order valence-electron chi connectivity index (χ1n) is 8.97. The maximum Gasteiger partial charge on any atom is 0.274 e. The van der Waals surface area contributed by atoms with Crippen molar-refractivity contribution < 1.29 is 4.79 Å². The summed E-state index contributed by atoms with van der Waals surface area (Å²) in [6, 6.07) is 17.8. The highest BCUT2D eigenvalue weighted by molar-refractivity contribution is 6.03. The molecule has 0 aliphatic carbocycles. The predicted octanol–water partition coefficient (Wildman–Crippen LogP) is 4.83. The van der Waals surface area contributed by atoms with E-state index >= 15 is 0 Å². The minimum atomic E-state index is -0.249. The number of rotatable bonds is 5. The van der Waals surface area contributed by atoms with Gasteiger partial charge >= 0.3 is 0 Å². The van der Waals surface area contributed by atoms with Gasteiger partial charge in [-0.25, -0.2) is 9.97 Å². The summed E-state index contributed by atoms with van der Waals surface area (Å²) in [5.74, 6) is 0.927. The number of aromatic nitrogens is 2. The fourth-order valence-corrected chi connectivity index (χ4v) is 3.05. The quantitative estimate of drug-likeness (QED) is 0.684. The van der Waals surface area contributed by atoms with E-state index in [1.807, 2.05) is 44.2 Å². The van der Waals surface area contributed by atoms with E-state index in [0.29, 0.717) is 17.3 Å². The van der Waals surface area contributed by atoms with E-state index < -0.39 is 0 Å². The van der Waals surface area contributed by atoms with Crippen LogP contribution in [-0.2, 0) is 0 Å². The van der Waals surface area contributed by atoms with Crippen molar-refractivity contribution >= 4 is 17.4 Å². The van der Waals surface area contributed by atoms with Crippen LogP contribution in [0.15, 0.2) is 54.6 Å². The number of aryl methyl sites for hydroxylation is 3. The van der Waals surface area contributed by atoms with Crippen LogP contribution < -0.4 is 10.6 Å². The third-order valence-corrected chi connectivity index (χ3v) is 4.21. The molecule has 0 aliphatic rings. The topological polar surface area (TPSA) is 66.9 Å². The van der Waals surface area contributed by atoms with Gasteiger partial charge in [0.2, 0.25) is 0 Å². The maximum absolute atomic E-state index is 12.7. The number of hydrogen-bond acceptors (Lipinski definition) is 4. The SMILES string of the molecule is Cc1cc(C)cc(NC(=O)c2cc(NC(C)c3ccccc3)nc(C)n2)c1. The van der Waals surface area contributed by atoms with Gasteiger partial charge in [0, 0.05) is 17.8 Å². The normalized spacial score (nSPS) is 11.7.